The van der Waals surface area contributed by atoms with Crippen LogP contribution in [0, 0.1) is 0 Å². The summed E-state index contributed by atoms with van der Waals surface area (Å²) < 4.78 is 9.19. The highest BCUT2D eigenvalue weighted by Crippen LogP contribution is 2.27. The van der Waals surface area contributed by atoms with E-state index in [2.05, 4.69) is 22.0 Å². The summed E-state index contributed by atoms with van der Waals surface area (Å²) in [7, 11) is 1.72. The molecule has 0 radical (unpaired) electrons. The van der Waals surface area contributed by atoms with E-state index < -0.39 is 0 Å². The minimum absolute atomic E-state index is 0. The topological polar surface area (TPSA) is 56.2 Å². The van der Waals surface area contributed by atoms with Crippen molar-refractivity contribution in [3.05, 3.63) is 70.2 Å². The number of halogens is 2. The summed E-state index contributed by atoms with van der Waals surface area (Å²) >= 11 is 6.13. The Hall–Kier alpha value is -2.74. The van der Waals surface area contributed by atoms with Gasteiger partial charge in [0.1, 0.15) is 16.4 Å². The van der Waals surface area contributed by atoms with E-state index >= 15 is 0 Å². The number of ether oxygens (including phenoxy) is 1. The van der Waals surface area contributed by atoms with Gasteiger partial charge < -0.3 is 31.5 Å². The van der Waals surface area contributed by atoms with Crippen molar-refractivity contribution in [1.29, 1.82) is 0 Å². The Morgan fingerprint density at radius 3 is 2.64 bits per heavy atom. The Morgan fingerprint density at radius 1 is 1.06 bits per heavy atom. The van der Waals surface area contributed by atoms with Gasteiger partial charge in [-0.1, -0.05) is 23.7 Å². The van der Waals surface area contributed by atoms with Gasteiger partial charge in [-0.05, 0) is 36.4 Å². The van der Waals surface area contributed by atoms with Crippen molar-refractivity contribution in [2.45, 2.75) is 13.0 Å². The van der Waals surface area contributed by atoms with Crippen LogP contribution in [0.3, 0.4) is 0 Å². The molecule has 0 bridgehead atoms. The molecule has 174 valence electrons. The summed E-state index contributed by atoms with van der Waals surface area (Å²) in [6, 6.07) is 15.5. The number of fused-ring (bicyclic) bond motifs is 3. The quantitative estimate of drug-likeness (QED) is 0.358. The molecule has 1 aliphatic heterocycles. The molecule has 0 saturated carbocycles. The average Bonchev–Trinajstić information content (AvgIpc) is 3.32. The zero-order valence-electron chi connectivity index (χ0n) is 18.5. The normalized spacial score (nSPS) is 14.5. The van der Waals surface area contributed by atoms with Crippen LogP contribution in [-0.2, 0) is 6.54 Å². The maximum absolute atomic E-state index is 13.1. The average molecular weight is 488 g/mol. The molecule has 5 rings (SSSR count). The van der Waals surface area contributed by atoms with E-state index in [0.717, 1.165) is 56.1 Å². The molecule has 0 unspecified atom stereocenters. The summed E-state index contributed by atoms with van der Waals surface area (Å²) in [6.07, 6.45) is 2.79. The van der Waals surface area contributed by atoms with Crippen LogP contribution in [0.5, 0.6) is 5.75 Å². The van der Waals surface area contributed by atoms with Crippen molar-refractivity contribution in [3.63, 3.8) is 0 Å². The second-order valence-corrected chi connectivity index (χ2v) is 8.60. The minimum Gasteiger partial charge on any atom is -1.00 e. The molecule has 4 aromatic rings. The number of methoxy groups -OCH3 is 1. The first kappa shape index (κ1) is 23.4. The predicted octanol–water partition coefficient (Wildman–Crippen LogP) is -0.890. The Bertz CT molecular complexity index is 1310. The number of hydrogen-bond donors (Lipinski definition) is 1. The second-order valence-electron chi connectivity index (χ2n) is 8.21. The van der Waals surface area contributed by atoms with Gasteiger partial charge in [0.25, 0.3) is 5.56 Å². The van der Waals surface area contributed by atoms with Gasteiger partial charge in [-0.15, -0.1) is 0 Å². The summed E-state index contributed by atoms with van der Waals surface area (Å²) in [5.74, 6) is 0.927. The van der Waals surface area contributed by atoms with E-state index in [9.17, 15) is 4.79 Å². The summed E-state index contributed by atoms with van der Waals surface area (Å²) in [6.45, 7) is 5.83. The van der Waals surface area contributed by atoms with Crippen LogP contribution < -0.4 is 32.5 Å². The SMILES string of the molecule is COc1ccccc1N1CC[NH+](CCCn2c(=O)c3cccn3c3nc(Cl)ccc32)CC1.[Cl-]. The van der Waals surface area contributed by atoms with Gasteiger partial charge in [-0.25, -0.2) is 4.98 Å². The number of rotatable bonds is 6. The molecule has 0 spiro atoms. The van der Waals surface area contributed by atoms with Crippen LogP contribution in [0.4, 0.5) is 5.69 Å². The summed E-state index contributed by atoms with van der Waals surface area (Å²) in [5.41, 5.74) is 3.35. The number of anilines is 1. The lowest BCUT2D eigenvalue weighted by molar-refractivity contribution is -0.900. The van der Waals surface area contributed by atoms with Gasteiger partial charge >= 0.3 is 0 Å². The molecule has 1 aliphatic rings. The lowest BCUT2D eigenvalue weighted by atomic mass is 10.2. The van der Waals surface area contributed by atoms with E-state index in [1.54, 1.807) is 18.1 Å². The largest absolute Gasteiger partial charge is 1.00 e. The van der Waals surface area contributed by atoms with Crippen LogP contribution in [0.25, 0.3) is 16.7 Å². The van der Waals surface area contributed by atoms with Crippen LogP contribution in [0.2, 0.25) is 5.15 Å². The smallest absolute Gasteiger partial charge is 0.275 e. The van der Waals surface area contributed by atoms with E-state index in [0.29, 0.717) is 17.2 Å². The van der Waals surface area contributed by atoms with E-state index in [4.69, 9.17) is 16.3 Å². The lowest BCUT2D eigenvalue weighted by Gasteiger charge is -2.34. The number of para-hydroxylation sites is 2. The first-order chi connectivity index (χ1) is 15.7. The van der Waals surface area contributed by atoms with Gasteiger partial charge in [0, 0.05) is 19.2 Å². The van der Waals surface area contributed by atoms with Crippen molar-refractivity contribution in [2.75, 3.05) is 44.7 Å². The van der Waals surface area contributed by atoms with Crippen molar-refractivity contribution < 1.29 is 22.0 Å². The second kappa shape index (κ2) is 10.0. The molecule has 33 heavy (non-hydrogen) atoms. The minimum atomic E-state index is 0. The molecule has 9 heteroatoms. The number of aryl methyl sites for hydroxylation is 1. The Morgan fingerprint density at radius 2 is 1.85 bits per heavy atom. The van der Waals surface area contributed by atoms with Crippen molar-refractivity contribution in [2.24, 2.45) is 0 Å². The van der Waals surface area contributed by atoms with Crippen LogP contribution in [0.15, 0.2) is 59.5 Å². The molecule has 4 heterocycles. The fraction of sp³-hybridized carbons (Fsp3) is 0.333. The van der Waals surface area contributed by atoms with Crippen molar-refractivity contribution >= 4 is 34.0 Å². The number of aromatic nitrogens is 3. The number of benzene rings is 1. The molecule has 1 N–H and O–H groups in total. The number of quaternary nitrogens is 1. The monoisotopic (exact) mass is 487 g/mol. The molecule has 1 fully saturated rings. The highest BCUT2D eigenvalue weighted by molar-refractivity contribution is 6.29. The highest BCUT2D eigenvalue weighted by Gasteiger charge is 2.22. The van der Waals surface area contributed by atoms with Crippen molar-refractivity contribution in [3.8, 4) is 5.75 Å². The molecular weight excluding hydrogens is 461 g/mol. The number of hydrogen-bond acceptors (Lipinski definition) is 4. The maximum atomic E-state index is 13.1. The fourth-order valence-electron chi connectivity index (χ4n) is 4.71. The van der Waals surface area contributed by atoms with Gasteiger partial charge in [0.2, 0.25) is 0 Å². The molecule has 7 nitrogen and oxygen atoms in total. The number of nitrogens with one attached hydrogen (secondary N) is 1. The molecular formula is C24H27Cl2N5O2. The van der Waals surface area contributed by atoms with E-state index in [1.165, 1.54) is 5.69 Å². The third-order valence-electron chi connectivity index (χ3n) is 6.36. The summed E-state index contributed by atoms with van der Waals surface area (Å²) in [4.78, 5) is 21.5. The van der Waals surface area contributed by atoms with Crippen LogP contribution in [0.1, 0.15) is 6.42 Å². The molecule has 0 aliphatic carbocycles. The predicted molar refractivity (Wildman–Crippen MR) is 127 cm³/mol. The molecule has 3 aromatic heterocycles. The van der Waals surface area contributed by atoms with E-state index in [1.807, 2.05) is 45.5 Å². The van der Waals surface area contributed by atoms with Crippen LogP contribution in [-0.4, -0.2) is 53.8 Å². The molecule has 1 saturated heterocycles. The Kier molecular flexibility index (Phi) is 7.12. The van der Waals surface area contributed by atoms with Crippen molar-refractivity contribution in [1.82, 2.24) is 14.0 Å². The van der Waals surface area contributed by atoms with Crippen LogP contribution >= 0.6 is 11.6 Å². The van der Waals surface area contributed by atoms with Gasteiger partial charge in [-0.3, -0.25) is 9.20 Å². The lowest BCUT2D eigenvalue weighted by Crippen LogP contribution is -3.14. The van der Waals surface area contributed by atoms with Gasteiger partial charge in [0.05, 0.1) is 51.0 Å². The Labute approximate surface area is 203 Å². The standard InChI is InChI=1S/C24H26ClN5O2.ClH/c1-32-21-8-3-2-6-18(21)28-16-14-27(15-17-28)11-5-13-30-19-9-10-22(25)26-23(19)29-12-4-7-20(29)24(30)31;/h2-4,6-10,12H,5,11,13-17H2,1H3;1H. The molecule has 0 amide bonds. The number of nitrogens with zero attached hydrogens (tertiary/aromatic N) is 4. The van der Waals surface area contributed by atoms with Gasteiger partial charge in [0.15, 0.2) is 5.65 Å². The number of piperazine rings is 1. The zero-order valence-corrected chi connectivity index (χ0v) is 20.0. The first-order valence-electron chi connectivity index (χ1n) is 11.0. The third kappa shape index (κ3) is 4.53. The van der Waals surface area contributed by atoms with E-state index in [-0.39, 0.29) is 18.0 Å². The number of pyridine rings is 1. The molecule has 0 atom stereocenters. The Balaban J connectivity index is 0.00000259. The summed E-state index contributed by atoms with van der Waals surface area (Å²) in [5, 5.41) is 0.426. The third-order valence-corrected chi connectivity index (χ3v) is 6.57. The first-order valence-corrected chi connectivity index (χ1v) is 11.4. The fourth-order valence-corrected chi connectivity index (χ4v) is 4.85. The van der Waals surface area contributed by atoms with Gasteiger partial charge in [-0.2, -0.15) is 0 Å². The zero-order chi connectivity index (χ0) is 22.1. The maximum Gasteiger partial charge on any atom is 0.275 e. The molecule has 1 aromatic carbocycles. The highest BCUT2D eigenvalue weighted by atomic mass is 35.5.